The minimum absolute atomic E-state index is 0.0975. The Morgan fingerprint density at radius 3 is 1.25 bits per heavy atom. The third kappa shape index (κ3) is 4.74. The van der Waals surface area contributed by atoms with E-state index in [1.165, 1.54) is 12.2 Å². The number of ketones is 2. The van der Waals surface area contributed by atoms with Gasteiger partial charge in [0.25, 0.3) is 20.2 Å². The number of carbonyl (C=O) groups is 2. The van der Waals surface area contributed by atoms with Crippen molar-refractivity contribution in [3.63, 3.8) is 0 Å². The van der Waals surface area contributed by atoms with Gasteiger partial charge in [-0.3, -0.25) is 18.7 Å². The molecule has 40 heavy (non-hydrogen) atoms. The number of hydrogen-bond donors (Lipinski definition) is 2. The summed E-state index contributed by atoms with van der Waals surface area (Å²) in [6.07, 6.45) is 8.90. The van der Waals surface area contributed by atoms with Gasteiger partial charge in [-0.05, 0) is 59.5 Å². The van der Waals surface area contributed by atoms with Crippen molar-refractivity contribution in [2.75, 3.05) is 0 Å². The summed E-state index contributed by atoms with van der Waals surface area (Å²) < 4.78 is 69.3. The summed E-state index contributed by atoms with van der Waals surface area (Å²) in [5, 5.41) is -2.65. The van der Waals surface area contributed by atoms with E-state index in [0.717, 1.165) is 25.7 Å². The molecular weight excluding hydrogens is 552 g/mol. The SMILES string of the molecule is CC1(C)C2CCC1C(C(/C=C/c1ccc(/C=C/C(C3C(=O)C4CCC3C4(C)C)S(=O)(=O)O)cc1)S(=O)(=O)O)C2=O. The lowest BCUT2D eigenvalue weighted by Gasteiger charge is -2.28. The predicted octanol–water partition coefficient (Wildman–Crippen LogP) is 4.73. The standard InChI is InChI=1S/C30H38O8S2/c1-29(2)19-11-13-21(29)27(31)25(19)23(39(33,34)35)15-9-17-5-7-18(8-6-17)10-16-24(40(36,37)38)26-20-12-14-22(28(26)32)30(20,3)4/h5-10,15-16,19-26H,11-14H2,1-4H3,(H,33,34,35)(H,36,37,38)/b15-9+,16-10+. The first kappa shape index (κ1) is 29.4. The van der Waals surface area contributed by atoms with Crippen molar-refractivity contribution in [3.05, 3.63) is 47.5 Å². The van der Waals surface area contributed by atoms with Crippen molar-refractivity contribution in [2.24, 2.45) is 46.3 Å². The van der Waals surface area contributed by atoms with E-state index in [9.17, 15) is 35.5 Å². The second-order valence-corrected chi connectivity index (χ2v) is 16.5. The number of hydrogen-bond acceptors (Lipinski definition) is 6. The molecular formula is C30H38O8S2. The van der Waals surface area contributed by atoms with Gasteiger partial charge in [-0.2, -0.15) is 16.8 Å². The highest BCUT2D eigenvalue weighted by Gasteiger charge is 2.63. The Morgan fingerprint density at radius 1 is 0.675 bits per heavy atom. The second kappa shape index (κ2) is 9.71. The van der Waals surface area contributed by atoms with E-state index < -0.39 is 42.6 Å². The molecule has 0 aliphatic heterocycles. The minimum atomic E-state index is -4.52. The van der Waals surface area contributed by atoms with Gasteiger partial charge in [-0.1, -0.05) is 76.3 Å². The lowest BCUT2D eigenvalue weighted by atomic mass is 9.79. The van der Waals surface area contributed by atoms with Crippen molar-refractivity contribution in [3.8, 4) is 0 Å². The minimum Gasteiger partial charge on any atom is -0.299 e. The monoisotopic (exact) mass is 590 g/mol. The van der Waals surface area contributed by atoms with Crippen LogP contribution in [0.2, 0.25) is 0 Å². The van der Waals surface area contributed by atoms with Crippen LogP contribution in [0.3, 0.4) is 0 Å². The molecule has 4 aliphatic rings. The molecule has 2 N–H and O–H groups in total. The summed E-state index contributed by atoms with van der Waals surface area (Å²) in [5.74, 6) is -2.37. The Kier molecular flexibility index (Phi) is 7.13. The van der Waals surface area contributed by atoms with E-state index in [2.05, 4.69) is 0 Å². The first-order valence-corrected chi connectivity index (χ1v) is 16.9. The first-order valence-electron chi connectivity index (χ1n) is 13.9. The average molecular weight is 591 g/mol. The molecule has 0 saturated heterocycles. The molecule has 4 aliphatic carbocycles. The van der Waals surface area contributed by atoms with Crippen LogP contribution in [-0.4, -0.2) is 48.0 Å². The van der Waals surface area contributed by atoms with Crippen LogP contribution in [-0.2, 0) is 29.8 Å². The van der Waals surface area contributed by atoms with Crippen LogP contribution in [0.15, 0.2) is 36.4 Å². The van der Waals surface area contributed by atoms with Crippen LogP contribution < -0.4 is 0 Å². The number of Topliss-reactive ketones (excluding diaryl/α,β-unsaturated/α-hetero) is 2. The Morgan fingerprint density at radius 2 is 1.00 bits per heavy atom. The van der Waals surface area contributed by atoms with Gasteiger partial charge in [0, 0.05) is 23.7 Å². The second-order valence-electron chi connectivity index (χ2n) is 13.3. The molecule has 0 amide bonds. The number of rotatable bonds is 8. The van der Waals surface area contributed by atoms with E-state index in [4.69, 9.17) is 0 Å². The van der Waals surface area contributed by atoms with Crippen LogP contribution in [0.25, 0.3) is 12.2 Å². The Labute approximate surface area is 236 Å². The van der Waals surface area contributed by atoms with Crippen molar-refractivity contribution >= 4 is 44.0 Å². The Bertz CT molecular complexity index is 1370. The Hall–Kier alpha value is -2.14. The highest BCUT2D eigenvalue weighted by molar-refractivity contribution is 7.86. The summed E-state index contributed by atoms with van der Waals surface area (Å²) in [7, 11) is -9.03. The third-order valence-corrected chi connectivity index (χ3v) is 13.0. The maximum Gasteiger partial charge on any atom is 0.272 e. The van der Waals surface area contributed by atoms with Crippen LogP contribution in [0, 0.1) is 46.3 Å². The summed E-state index contributed by atoms with van der Waals surface area (Å²) in [5.41, 5.74) is 0.671. The summed E-state index contributed by atoms with van der Waals surface area (Å²) >= 11 is 0. The number of carbonyl (C=O) groups excluding carboxylic acids is 2. The van der Waals surface area contributed by atoms with Gasteiger partial charge in [0.2, 0.25) is 0 Å². The van der Waals surface area contributed by atoms with E-state index >= 15 is 0 Å². The molecule has 1 aromatic rings. The first-order chi connectivity index (χ1) is 18.5. The summed E-state index contributed by atoms with van der Waals surface area (Å²) in [6.45, 7) is 7.96. The molecule has 0 spiro atoms. The molecule has 8 nitrogen and oxygen atoms in total. The fraction of sp³-hybridized carbons (Fsp3) is 0.600. The highest BCUT2D eigenvalue weighted by Crippen LogP contribution is 2.61. The molecule has 8 atom stereocenters. The molecule has 4 fully saturated rings. The van der Waals surface area contributed by atoms with Crippen LogP contribution in [0.5, 0.6) is 0 Å². The zero-order valence-corrected chi connectivity index (χ0v) is 24.9. The van der Waals surface area contributed by atoms with Crippen LogP contribution in [0.1, 0.15) is 64.5 Å². The quantitative estimate of drug-likeness (QED) is 0.414. The van der Waals surface area contributed by atoms with Crippen LogP contribution in [0.4, 0.5) is 0 Å². The zero-order valence-electron chi connectivity index (χ0n) is 23.2. The van der Waals surface area contributed by atoms with Gasteiger partial charge in [0.1, 0.15) is 22.1 Å². The van der Waals surface area contributed by atoms with Crippen molar-refractivity contribution < 1.29 is 35.5 Å². The van der Waals surface area contributed by atoms with Gasteiger partial charge < -0.3 is 0 Å². The molecule has 10 heteroatoms. The normalized spacial score (nSPS) is 34.4. The smallest absolute Gasteiger partial charge is 0.272 e. The predicted molar refractivity (Wildman–Crippen MR) is 152 cm³/mol. The third-order valence-electron chi connectivity index (χ3n) is 10.7. The highest BCUT2D eigenvalue weighted by atomic mass is 32.2. The topological polar surface area (TPSA) is 143 Å². The molecule has 5 rings (SSSR count). The van der Waals surface area contributed by atoms with Gasteiger partial charge >= 0.3 is 0 Å². The van der Waals surface area contributed by atoms with Crippen molar-refractivity contribution in [1.29, 1.82) is 0 Å². The fourth-order valence-corrected chi connectivity index (χ4v) is 10.5. The molecule has 4 bridgehead atoms. The maximum absolute atomic E-state index is 13.0. The van der Waals surface area contributed by atoms with Gasteiger partial charge in [0.05, 0.1) is 0 Å². The lowest BCUT2D eigenvalue weighted by Crippen LogP contribution is -2.37. The summed E-state index contributed by atoms with van der Waals surface area (Å²) in [4.78, 5) is 26.0. The molecule has 4 saturated carbocycles. The number of benzene rings is 1. The number of fused-ring (bicyclic) bond motifs is 4. The van der Waals surface area contributed by atoms with Gasteiger partial charge in [0.15, 0.2) is 0 Å². The molecule has 1 aromatic carbocycles. The largest absolute Gasteiger partial charge is 0.299 e. The molecule has 218 valence electrons. The molecule has 0 heterocycles. The van der Waals surface area contributed by atoms with Crippen molar-refractivity contribution in [1.82, 2.24) is 0 Å². The summed E-state index contributed by atoms with van der Waals surface area (Å²) in [6, 6.07) is 6.83. The average Bonchev–Trinajstić information content (AvgIpc) is 3.43. The fourth-order valence-electron chi connectivity index (χ4n) is 8.58. The Balaban J connectivity index is 1.34. The van der Waals surface area contributed by atoms with Crippen molar-refractivity contribution in [2.45, 2.75) is 63.9 Å². The van der Waals surface area contributed by atoms with Gasteiger partial charge in [-0.15, -0.1) is 0 Å². The maximum atomic E-state index is 13.0. The lowest BCUT2D eigenvalue weighted by molar-refractivity contribution is -0.126. The molecule has 0 aromatic heterocycles. The molecule has 0 radical (unpaired) electrons. The van der Waals surface area contributed by atoms with E-state index in [1.807, 2.05) is 27.7 Å². The molecule has 8 unspecified atom stereocenters. The zero-order chi connectivity index (χ0) is 29.4. The van der Waals surface area contributed by atoms with E-state index in [1.54, 1.807) is 36.4 Å². The van der Waals surface area contributed by atoms with Crippen LogP contribution >= 0.6 is 0 Å². The van der Waals surface area contributed by atoms with Gasteiger partial charge in [-0.25, -0.2) is 0 Å². The van der Waals surface area contributed by atoms with E-state index in [-0.39, 0.29) is 46.1 Å². The van der Waals surface area contributed by atoms with E-state index in [0.29, 0.717) is 11.1 Å².